The summed E-state index contributed by atoms with van der Waals surface area (Å²) in [7, 11) is 0. The average Bonchev–Trinajstić information content (AvgIpc) is 2.33. The minimum absolute atomic E-state index is 0.152. The summed E-state index contributed by atoms with van der Waals surface area (Å²) in [5.74, 6) is -0.152. The summed E-state index contributed by atoms with van der Waals surface area (Å²) in [5, 5.41) is 0. The molecule has 2 rings (SSSR count). The quantitative estimate of drug-likeness (QED) is 0.874. The lowest BCUT2D eigenvalue weighted by atomic mass is 9.97. The number of halogens is 1. The maximum Gasteiger partial charge on any atom is 0.126 e. The van der Waals surface area contributed by atoms with Gasteiger partial charge in [-0.1, -0.05) is 24.6 Å². The van der Waals surface area contributed by atoms with E-state index < -0.39 is 5.66 Å². The van der Waals surface area contributed by atoms with E-state index in [9.17, 15) is 4.39 Å². The molecule has 1 aromatic rings. The van der Waals surface area contributed by atoms with Crippen LogP contribution in [0.2, 0.25) is 0 Å². The van der Waals surface area contributed by atoms with Crippen molar-refractivity contribution in [3.8, 4) is 0 Å². The van der Waals surface area contributed by atoms with Crippen molar-refractivity contribution in [1.82, 2.24) is 4.90 Å². The zero-order valence-corrected chi connectivity index (χ0v) is 10.5. The monoisotopic (exact) mass is 236 g/mol. The summed E-state index contributed by atoms with van der Waals surface area (Å²) < 4.78 is 13.6. The van der Waals surface area contributed by atoms with Crippen LogP contribution in [0.15, 0.2) is 24.3 Å². The van der Waals surface area contributed by atoms with E-state index in [0.717, 1.165) is 13.1 Å². The maximum atomic E-state index is 13.6. The van der Waals surface area contributed by atoms with Crippen LogP contribution >= 0.6 is 0 Å². The zero-order chi connectivity index (χ0) is 12.3. The van der Waals surface area contributed by atoms with Crippen LogP contribution in [0.3, 0.4) is 0 Å². The van der Waals surface area contributed by atoms with E-state index >= 15 is 0 Å². The van der Waals surface area contributed by atoms with Gasteiger partial charge in [-0.05, 0) is 44.5 Å². The Hall–Kier alpha value is -0.930. The lowest BCUT2D eigenvalue weighted by Gasteiger charge is -2.40. The highest BCUT2D eigenvalue weighted by Gasteiger charge is 2.29. The molecule has 1 aromatic carbocycles. The van der Waals surface area contributed by atoms with Gasteiger partial charge in [0.15, 0.2) is 0 Å². The molecule has 1 heterocycles. The van der Waals surface area contributed by atoms with Crippen molar-refractivity contribution < 1.29 is 4.39 Å². The molecule has 0 spiro atoms. The molecule has 1 atom stereocenters. The molecule has 0 aliphatic carbocycles. The van der Waals surface area contributed by atoms with Gasteiger partial charge in [-0.15, -0.1) is 0 Å². The topological polar surface area (TPSA) is 29.3 Å². The average molecular weight is 236 g/mol. The molecule has 0 bridgehead atoms. The van der Waals surface area contributed by atoms with Gasteiger partial charge in [-0.2, -0.15) is 0 Å². The van der Waals surface area contributed by atoms with Crippen molar-refractivity contribution in [3.05, 3.63) is 35.6 Å². The fourth-order valence-corrected chi connectivity index (χ4v) is 2.54. The van der Waals surface area contributed by atoms with Gasteiger partial charge in [0.25, 0.3) is 0 Å². The molecule has 2 N–H and O–H groups in total. The summed E-state index contributed by atoms with van der Waals surface area (Å²) in [5.41, 5.74) is 6.62. The summed E-state index contributed by atoms with van der Waals surface area (Å²) in [4.78, 5) is 2.28. The molecule has 0 aromatic heterocycles. The van der Waals surface area contributed by atoms with E-state index in [1.807, 2.05) is 19.1 Å². The fraction of sp³-hybridized carbons (Fsp3) is 0.571. The van der Waals surface area contributed by atoms with Crippen LogP contribution in [0, 0.1) is 5.82 Å². The van der Waals surface area contributed by atoms with E-state index in [4.69, 9.17) is 5.73 Å². The van der Waals surface area contributed by atoms with Gasteiger partial charge in [0, 0.05) is 6.42 Å². The number of hydrogen-bond donors (Lipinski definition) is 1. The van der Waals surface area contributed by atoms with Crippen LogP contribution in [0.1, 0.15) is 31.7 Å². The molecular formula is C14H21FN2. The Morgan fingerprint density at radius 3 is 2.53 bits per heavy atom. The molecule has 2 nitrogen and oxygen atoms in total. The Kier molecular flexibility index (Phi) is 3.79. The second kappa shape index (κ2) is 5.15. The summed E-state index contributed by atoms with van der Waals surface area (Å²) in [6.07, 6.45) is 4.25. The number of likely N-dealkylation sites (tertiary alicyclic amines) is 1. The van der Waals surface area contributed by atoms with Crippen LogP contribution in [0.4, 0.5) is 4.39 Å². The maximum absolute atomic E-state index is 13.6. The molecular weight excluding hydrogens is 215 g/mol. The Labute approximate surface area is 103 Å². The van der Waals surface area contributed by atoms with E-state index in [2.05, 4.69) is 4.90 Å². The molecule has 3 heteroatoms. The number of nitrogens with two attached hydrogens (primary N) is 1. The lowest BCUT2D eigenvalue weighted by Crippen LogP contribution is -2.56. The van der Waals surface area contributed by atoms with Crippen LogP contribution in [0.5, 0.6) is 0 Å². The third-order valence-corrected chi connectivity index (χ3v) is 3.58. The first-order valence-electron chi connectivity index (χ1n) is 6.37. The molecule has 0 amide bonds. The molecule has 0 radical (unpaired) electrons. The highest BCUT2D eigenvalue weighted by molar-refractivity contribution is 5.19. The molecule has 1 unspecified atom stereocenters. The van der Waals surface area contributed by atoms with E-state index in [0.29, 0.717) is 12.0 Å². The molecule has 0 saturated carbocycles. The second-order valence-electron chi connectivity index (χ2n) is 5.17. The Balaban J connectivity index is 2.08. The smallest absolute Gasteiger partial charge is 0.126 e. The highest BCUT2D eigenvalue weighted by atomic mass is 19.1. The predicted molar refractivity (Wildman–Crippen MR) is 68.1 cm³/mol. The van der Waals surface area contributed by atoms with Crippen molar-refractivity contribution in [2.24, 2.45) is 5.73 Å². The molecule has 94 valence electrons. The van der Waals surface area contributed by atoms with Gasteiger partial charge >= 0.3 is 0 Å². The number of rotatable bonds is 3. The van der Waals surface area contributed by atoms with E-state index in [1.165, 1.54) is 25.3 Å². The molecule has 1 aliphatic rings. The number of nitrogens with zero attached hydrogens (tertiary/aromatic N) is 1. The molecule has 1 aliphatic heterocycles. The highest BCUT2D eigenvalue weighted by Crippen LogP contribution is 2.21. The lowest BCUT2D eigenvalue weighted by molar-refractivity contribution is 0.0849. The largest absolute Gasteiger partial charge is 0.313 e. The fourth-order valence-electron chi connectivity index (χ4n) is 2.54. The Morgan fingerprint density at radius 2 is 1.88 bits per heavy atom. The third-order valence-electron chi connectivity index (χ3n) is 3.58. The normalized spacial score (nSPS) is 21.1. The van der Waals surface area contributed by atoms with Crippen molar-refractivity contribution in [2.75, 3.05) is 13.1 Å². The summed E-state index contributed by atoms with van der Waals surface area (Å²) >= 11 is 0. The third kappa shape index (κ3) is 3.05. The minimum Gasteiger partial charge on any atom is -0.313 e. The Bertz CT molecular complexity index is 370. The van der Waals surface area contributed by atoms with Crippen molar-refractivity contribution in [2.45, 2.75) is 38.3 Å². The molecule has 1 fully saturated rings. The van der Waals surface area contributed by atoms with E-state index in [-0.39, 0.29) is 5.82 Å². The number of benzene rings is 1. The van der Waals surface area contributed by atoms with Gasteiger partial charge in [0.2, 0.25) is 0 Å². The molecule has 1 saturated heterocycles. The van der Waals surface area contributed by atoms with Gasteiger partial charge in [-0.25, -0.2) is 4.39 Å². The van der Waals surface area contributed by atoms with Gasteiger partial charge in [0.05, 0.1) is 5.66 Å². The number of piperidine rings is 1. The van der Waals surface area contributed by atoms with Crippen LogP contribution in [-0.2, 0) is 6.42 Å². The van der Waals surface area contributed by atoms with Gasteiger partial charge in [-0.3, -0.25) is 4.90 Å². The minimum atomic E-state index is -0.442. The summed E-state index contributed by atoms with van der Waals surface area (Å²) in [6.45, 7) is 4.06. The van der Waals surface area contributed by atoms with Gasteiger partial charge < -0.3 is 5.73 Å². The van der Waals surface area contributed by atoms with Crippen molar-refractivity contribution >= 4 is 0 Å². The van der Waals surface area contributed by atoms with Gasteiger partial charge in [0.1, 0.15) is 5.82 Å². The first-order chi connectivity index (χ1) is 8.09. The van der Waals surface area contributed by atoms with E-state index in [1.54, 1.807) is 6.07 Å². The Morgan fingerprint density at radius 1 is 1.24 bits per heavy atom. The standard InChI is InChI=1S/C14H21FN2/c1-14(16,17-9-5-2-6-10-17)11-12-7-3-4-8-13(12)15/h3-4,7-8H,2,5-6,9-11,16H2,1H3. The number of hydrogen-bond acceptors (Lipinski definition) is 2. The molecule has 17 heavy (non-hydrogen) atoms. The van der Waals surface area contributed by atoms with Crippen LogP contribution in [0.25, 0.3) is 0 Å². The second-order valence-corrected chi connectivity index (χ2v) is 5.17. The zero-order valence-electron chi connectivity index (χ0n) is 10.5. The van der Waals surface area contributed by atoms with Crippen LogP contribution < -0.4 is 5.73 Å². The van der Waals surface area contributed by atoms with Crippen LogP contribution in [-0.4, -0.2) is 23.7 Å². The first kappa shape index (κ1) is 12.5. The van der Waals surface area contributed by atoms with Crippen molar-refractivity contribution in [3.63, 3.8) is 0 Å². The predicted octanol–water partition coefficient (Wildman–Crippen LogP) is 2.53. The van der Waals surface area contributed by atoms with Crippen molar-refractivity contribution in [1.29, 1.82) is 0 Å². The first-order valence-corrected chi connectivity index (χ1v) is 6.37. The summed E-state index contributed by atoms with van der Waals surface area (Å²) in [6, 6.07) is 6.91. The SMILES string of the molecule is CC(N)(Cc1ccccc1F)N1CCCCC1.